The lowest BCUT2D eigenvalue weighted by Crippen LogP contribution is -1.44. The van der Waals surface area contributed by atoms with Crippen LogP contribution in [-0.4, -0.2) is 29.9 Å². The summed E-state index contributed by atoms with van der Waals surface area (Å²) in [5.74, 6) is 0. The molecule has 0 saturated carbocycles. The van der Waals surface area contributed by atoms with E-state index in [1.165, 1.54) is 0 Å². The van der Waals surface area contributed by atoms with Crippen LogP contribution in [0.2, 0.25) is 0 Å². The van der Waals surface area contributed by atoms with Gasteiger partial charge in [-0.1, -0.05) is 0 Å². The summed E-state index contributed by atoms with van der Waals surface area (Å²) < 4.78 is 0. The summed E-state index contributed by atoms with van der Waals surface area (Å²) in [5.41, 5.74) is 0. The first-order valence-electron chi connectivity index (χ1n) is 4.28. The maximum absolute atomic E-state index is 3.67. The molecule has 0 aromatic carbocycles. The van der Waals surface area contributed by atoms with E-state index in [4.69, 9.17) is 0 Å². The molecule has 3 N–H and O–H groups in total. The first kappa shape index (κ1) is 10.7. The highest BCUT2D eigenvalue weighted by molar-refractivity contribution is 4.65. The molecule has 0 spiro atoms. The van der Waals surface area contributed by atoms with E-state index in [1.807, 2.05) is 0 Å². The fourth-order valence-electron chi connectivity index (χ4n) is 0.645. The number of nitrogens with one attached hydrogen (secondary N) is 3. The Morgan fingerprint density at radius 3 is 0.933 bits per heavy atom. The van der Waals surface area contributed by atoms with E-state index in [9.17, 15) is 0 Å². The number of hydrogen-bond acceptors (Lipinski definition) is 3. The second-order valence-electron chi connectivity index (χ2n) is 2.28. The molecule has 0 aliphatic rings. The molecule has 0 aliphatic carbocycles. The second kappa shape index (κ2) is 8.24. The highest BCUT2D eigenvalue weighted by atomic mass is 14.8. The van der Waals surface area contributed by atoms with E-state index in [1.54, 1.807) is 56.2 Å². The summed E-state index contributed by atoms with van der Waals surface area (Å²) in [4.78, 5) is 19.2. The molecule has 3 heterocycles. The Labute approximate surface area is 86.8 Å². The molecule has 6 heteroatoms. The molecule has 0 atom stereocenters. The molecule has 0 aliphatic heterocycles. The Kier molecular flexibility index (Phi) is 5.88. The van der Waals surface area contributed by atoms with Crippen LogP contribution in [0.5, 0.6) is 0 Å². The third kappa shape index (κ3) is 6.76. The number of rotatable bonds is 0. The summed E-state index contributed by atoms with van der Waals surface area (Å²) in [6.07, 6.45) is 15.2. The normalized spacial score (nSPS) is 8.00. The van der Waals surface area contributed by atoms with E-state index in [2.05, 4.69) is 29.9 Å². The van der Waals surface area contributed by atoms with Crippen molar-refractivity contribution in [2.45, 2.75) is 0 Å². The largest absolute Gasteiger partial charge is 0.351 e. The molecule has 0 bridgehead atoms. The first-order chi connectivity index (χ1) is 7.50. The standard InChI is InChI=1S/3C3H4N2/c3*1-2-5-3-4-1/h3*1-3H,(H,4,5). The van der Waals surface area contributed by atoms with E-state index < -0.39 is 0 Å². The van der Waals surface area contributed by atoms with Crippen LogP contribution in [-0.2, 0) is 0 Å². The van der Waals surface area contributed by atoms with E-state index in [0.29, 0.717) is 0 Å². The fourth-order valence-corrected chi connectivity index (χ4v) is 0.645. The third-order valence-corrected chi connectivity index (χ3v) is 1.22. The van der Waals surface area contributed by atoms with Crippen molar-refractivity contribution in [1.82, 2.24) is 29.9 Å². The molecule has 78 valence electrons. The van der Waals surface area contributed by atoms with Crippen LogP contribution < -0.4 is 0 Å². The number of H-pyrrole nitrogens is 3. The van der Waals surface area contributed by atoms with Crippen molar-refractivity contribution in [2.24, 2.45) is 0 Å². The molecule has 6 nitrogen and oxygen atoms in total. The van der Waals surface area contributed by atoms with Gasteiger partial charge in [-0.25, -0.2) is 15.0 Å². The van der Waals surface area contributed by atoms with Crippen molar-refractivity contribution in [2.75, 3.05) is 0 Å². The van der Waals surface area contributed by atoms with Gasteiger partial charge in [0.15, 0.2) is 0 Å². The zero-order valence-corrected chi connectivity index (χ0v) is 8.04. The molecule has 15 heavy (non-hydrogen) atoms. The smallest absolute Gasteiger partial charge is 0.0919 e. The van der Waals surface area contributed by atoms with Crippen LogP contribution in [0.3, 0.4) is 0 Å². The summed E-state index contributed by atoms with van der Waals surface area (Å²) >= 11 is 0. The molecular formula is C9H12N6. The maximum atomic E-state index is 3.67. The fraction of sp³-hybridized carbons (Fsp3) is 0. The lowest BCUT2D eigenvalue weighted by atomic mass is 11.0. The lowest BCUT2D eigenvalue weighted by Gasteiger charge is -1.46. The topological polar surface area (TPSA) is 86.0 Å². The van der Waals surface area contributed by atoms with Crippen LogP contribution in [0.4, 0.5) is 0 Å². The number of aromatic nitrogens is 6. The monoisotopic (exact) mass is 204 g/mol. The molecule has 0 fully saturated rings. The maximum Gasteiger partial charge on any atom is 0.0919 e. The molecule has 0 unspecified atom stereocenters. The molecule has 3 rings (SSSR count). The highest BCUT2D eigenvalue weighted by Crippen LogP contribution is 1.63. The van der Waals surface area contributed by atoms with Gasteiger partial charge in [-0.2, -0.15) is 0 Å². The third-order valence-electron chi connectivity index (χ3n) is 1.22. The Bertz CT molecular complexity index is 247. The molecule has 0 saturated heterocycles. The average molecular weight is 204 g/mol. The highest BCUT2D eigenvalue weighted by Gasteiger charge is 1.57. The van der Waals surface area contributed by atoms with Crippen molar-refractivity contribution in [1.29, 1.82) is 0 Å². The molecule has 0 radical (unpaired) electrons. The van der Waals surface area contributed by atoms with Crippen LogP contribution in [0, 0.1) is 0 Å². The molecule has 0 amide bonds. The number of nitrogens with zero attached hydrogens (tertiary/aromatic N) is 3. The number of aromatic amines is 3. The Balaban J connectivity index is 0.000000112. The zero-order chi connectivity index (χ0) is 10.6. The molecule has 3 aromatic rings. The summed E-state index contributed by atoms with van der Waals surface area (Å²) in [7, 11) is 0. The van der Waals surface area contributed by atoms with Crippen LogP contribution in [0.15, 0.2) is 56.2 Å². The van der Waals surface area contributed by atoms with E-state index in [0.717, 1.165) is 0 Å². The first-order valence-corrected chi connectivity index (χ1v) is 4.28. The van der Waals surface area contributed by atoms with Gasteiger partial charge < -0.3 is 15.0 Å². The zero-order valence-electron chi connectivity index (χ0n) is 8.04. The van der Waals surface area contributed by atoms with Crippen molar-refractivity contribution >= 4 is 0 Å². The van der Waals surface area contributed by atoms with Gasteiger partial charge in [0.25, 0.3) is 0 Å². The van der Waals surface area contributed by atoms with Gasteiger partial charge >= 0.3 is 0 Å². The van der Waals surface area contributed by atoms with Crippen LogP contribution >= 0.6 is 0 Å². The van der Waals surface area contributed by atoms with Crippen molar-refractivity contribution in [3.8, 4) is 0 Å². The minimum absolute atomic E-state index is 1.62. The quantitative estimate of drug-likeness (QED) is 0.514. The minimum Gasteiger partial charge on any atom is -0.351 e. The van der Waals surface area contributed by atoms with Gasteiger partial charge in [-0.3, -0.25) is 0 Å². The summed E-state index contributed by atoms with van der Waals surface area (Å²) in [6, 6.07) is 0. The van der Waals surface area contributed by atoms with Crippen molar-refractivity contribution in [3.05, 3.63) is 56.2 Å². The van der Waals surface area contributed by atoms with Gasteiger partial charge in [0, 0.05) is 37.2 Å². The molecule has 3 aromatic heterocycles. The van der Waals surface area contributed by atoms with Crippen LogP contribution in [0.1, 0.15) is 0 Å². The molecular weight excluding hydrogens is 192 g/mol. The average Bonchev–Trinajstić information content (AvgIpc) is 3.09. The lowest BCUT2D eigenvalue weighted by molar-refractivity contribution is 1.31. The minimum atomic E-state index is 1.62. The van der Waals surface area contributed by atoms with Gasteiger partial charge in [0.05, 0.1) is 19.0 Å². The van der Waals surface area contributed by atoms with Crippen molar-refractivity contribution < 1.29 is 0 Å². The van der Waals surface area contributed by atoms with E-state index in [-0.39, 0.29) is 0 Å². The van der Waals surface area contributed by atoms with Gasteiger partial charge in [0.1, 0.15) is 0 Å². The summed E-state index contributed by atoms with van der Waals surface area (Å²) in [6.45, 7) is 0. The Morgan fingerprint density at radius 1 is 0.533 bits per heavy atom. The number of imidazole rings is 3. The van der Waals surface area contributed by atoms with Gasteiger partial charge in [-0.15, -0.1) is 0 Å². The predicted octanol–water partition coefficient (Wildman–Crippen LogP) is 1.23. The SMILES string of the molecule is c1c[nH]cn1.c1c[nH]cn1.c1c[nH]cn1. The van der Waals surface area contributed by atoms with E-state index >= 15 is 0 Å². The number of hydrogen-bond donors (Lipinski definition) is 3. The Morgan fingerprint density at radius 2 is 0.867 bits per heavy atom. The van der Waals surface area contributed by atoms with Crippen molar-refractivity contribution in [3.63, 3.8) is 0 Å². The second-order valence-corrected chi connectivity index (χ2v) is 2.28. The van der Waals surface area contributed by atoms with Gasteiger partial charge in [0.2, 0.25) is 0 Å². The predicted molar refractivity (Wildman–Crippen MR) is 55.8 cm³/mol. The van der Waals surface area contributed by atoms with Crippen LogP contribution in [0.25, 0.3) is 0 Å². The van der Waals surface area contributed by atoms with Gasteiger partial charge in [-0.05, 0) is 0 Å². The summed E-state index contributed by atoms with van der Waals surface area (Å²) in [5, 5.41) is 0. The Hall–Kier alpha value is -2.37.